The molecule has 3 rings (SSSR count). The number of nitrogens with zero attached hydrogens (tertiary/aromatic N) is 1. The summed E-state index contributed by atoms with van der Waals surface area (Å²) in [6.45, 7) is 3.59. The number of ether oxygens (including phenoxy) is 1. The van der Waals surface area contributed by atoms with Gasteiger partial charge >= 0.3 is 5.97 Å². The summed E-state index contributed by atoms with van der Waals surface area (Å²) in [5, 5.41) is 12.6. The molecule has 1 aromatic rings. The number of carboxylic acids is 1. The van der Waals surface area contributed by atoms with Crippen molar-refractivity contribution in [1.82, 2.24) is 4.90 Å². The highest BCUT2D eigenvalue weighted by Crippen LogP contribution is 2.25. The van der Waals surface area contributed by atoms with E-state index < -0.39 is 5.97 Å². The van der Waals surface area contributed by atoms with E-state index in [0.29, 0.717) is 17.6 Å². The lowest BCUT2D eigenvalue weighted by molar-refractivity contribution is -0.0415. The third kappa shape index (κ3) is 3.31. The summed E-state index contributed by atoms with van der Waals surface area (Å²) < 4.78 is 5.87. The van der Waals surface area contributed by atoms with Crippen LogP contribution in [-0.4, -0.2) is 54.4 Å². The summed E-state index contributed by atoms with van der Waals surface area (Å²) in [6, 6.07) is 5.31. The number of carbonyl (C=O) groups is 1. The summed E-state index contributed by atoms with van der Waals surface area (Å²) in [7, 11) is 0. The lowest BCUT2D eigenvalue weighted by atomic mass is 10.1. The van der Waals surface area contributed by atoms with Gasteiger partial charge in [-0.2, -0.15) is 0 Å². The summed E-state index contributed by atoms with van der Waals surface area (Å²) in [6.07, 6.45) is 2.65. The molecule has 2 aliphatic rings. The predicted octanol–water partition coefficient (Wildman–Crippen LogP) is 2.31. The van der Waals surface area contributed by atoms with Crippen LogP contribution in [0.4, 0.5) is 5.69 Å². The summed E-state index contributed by atoms with van der Waals surface area (Å²) in [4.78, 5) is 13.4. The fourth-order valence-electron chi connectivity index (χ4n) is 3.02. The highest BCUT2D eigenvalue weighted by Gasteiger charge is 2.31. The van der Waals surface area contributed by atoms with Crippen LogP contribution in [-0.2, 0) is 4.74 Å². The molecule has 1 aromatic carbocycles. The maximum Gasteiger partial charge on any atom is 0.335 e. The third-order valence-corrected chi connectivity index (χ3v) is 4.51. The average Bonchev–Trinajstić information content (AvgIpc) is 2.93. The Morgan fingerprint density at radius 3 is 3.14 bits per heavy atom. The highest BCUT2D eigenvalue weighted by atomic mass is 35.5. The number of halogens is 1. The minimum absolute atomic E-state index is 0.148. The Morgan fingerprint density at radius 1 is 1.52 bits per heavy atom. The fourth-order valence-corrected chi connectivity index (χ4v) is 3.27. The third-order valence-electron chi connectivity index (χ3n) is 4.20. The molecular formula is C15H19ClN2O3. The van der Waals surface area contributed by atoms with E-state index in [1.165, 1.54) is 25.5 Å². The summed E-state index contributed by atoms with van der Waals surface area (Å²) in [5.41, 5.74) is 0.938. The number of hydrogen-bond acceptors (Lipinski definition) is 4. The van der Waals surface area contributed by atoms with Crippen molar-refractivity contribution in [3.05, 3.63) is 28.8 Å². The van der Waals surface area contributed by atoms with Gasteiger partial charge in [-0.25, -0.2) is 4.79 Å². The van der Waals surface area contributed by atoms with E-state index in [1.54, 1.807) is 12.1 Å². The van der Waals surface area contributed by atoms with Gasteiger partial charge in [-0.05, 0) is 37.6 Å². The number of anilines is 1. The average molecular weight is 311 g/mol. The van der Waals surface area contributed by atoms with Crippen molar-refractivity contribution in [3.8, 4) is 0 Å². The van der Waals surface area contributed by atoms with Gasteiger partial charge in [0.1, 0.15) is 0 Å². The minimum Gasteiger partial charge on any atom is -0.478 e. The molecule has 0 amide bonds. The second-order valence-corrected chi connectivity index (χ2v) is 6.03. The SMILES string of the molecule is O=C(O)c1ccc(NCC2CN3CCCC3CO2)c(Cl)c1. The first kappa shape index (κ1) is 14.6. The summed E-state index contributed by atoms with van der Waals surface area (Å²) in [5.74, 6) is -0.973. The van der Waals surface area contributed by atoms with Crippen LogP contribution in [0.5, 0.6) is 0 Å². The number of rotatable bonds is 4. The lowest BCUT2D eigenvalue weighted by Crippen LogP contribution is -2.48. The Kier molecular flexibility index (Phi) is 4.33. The van der Waals surface area contributed by atoms with Crippen LogP contribution in [0.15, 0.2) is 18.2 Å². The van der Waals surface area contributed by atoms with Crippen LogP contribution in [0.25, 0.3) is 0 Å². The Balaban J connectivity index is 1.56. The Bertz CT molecular complexity index is 538. The van der Waals surface area contributed by atoms with Gasteiger partial charge in [0, 0.05) is 19.1 Å². The van der Waals surface area contributed by atoms with Crippen LogP contribution < -0.4 is 5.32 Å². The first-order chi connectivity index (χ1) is 10.1. The molecule has 0 bridgehead atoms. The zero-order valence-corrected chi connectivity index (χ0v) is 12.5. The van der Waals surface area contributed by atoms with Crippen molar-refractivity contribution >= 4 is 23.3 Å². The van der Waals surface area contributed by atoms with Crippen molar-refractivity contribution in [3.63, 3.8) is 0 Å². The van der Waals surface area contributed by atoms with Gasteiger partial charge < -0.3 is 15.2 Å². The molecular weight excluding hydrogens is 292 g/mol. The number of aromatic carboxylic acids is 1. The van der Waals surface area contributed by atoms with Crippen LogP contribution >= 0.6 is 11.6 Å². The van der Waals surface area contributed by atoms with Gasteiger partial charge in [-0.1, -0.05) is 11.6 Å². The number of hydrogen-bond donors (Lipinski definition) is 2. The van der Waals surface area contributed by atoms with Crippen molar-refractivity contribution < 1.29 is 14.6 Å². The van der Waals surface area contributed by atoms with Gasteiger partial charge in [0.05, 0.1) is 29.0 Å². The van der Waals surface area contributed by atoms with Crippen molar-refractivity contribution in [2.24, 2.45) is 0 Å². The second kappa shape index (κ2) is 6.22. The monoisotopic (exact) mass is 310 g/mol. The molecule has 0 saturated carbocycles. The summed E-state index contributed by atoms with van der Waals surface area (Å²) >= 11 is 6.10. The number of fused-ring (bicyclic) bond motifs is 1. The van der Waals surface area contributed by atoms with E-state index in [0.717, 1.165) is 18.8 Å². The molecule has 0 aliphatic carbocycles. The molecule has 0 spiro atoms. The fraction of sp³-hybridized carbons (Fsp3) is 0.533. The van der Waals surface area contributed by atoms with Crippen molar-refractivity contribution in [1.29, 1.82) is 0 Å². The van der Waals surface area contributed by atoms with Gasteiger partial charge in [0.25, 0.3) is 0 Å². The molecule has 2 N–H and O–H groups in total. The molecule has 21 heavy (non-hydrogen) atoms. The van der Waals surface area contributed by atoms with E-state index in [-0.39, 0.29) is 11.7 Å². The lowest BCUT2D eigenvalue weighted by Gasteiger charge is -2.35. The van der Waals surface area contributed by atoms with Gasteiger partial charge in [-0.15, -0.1) is 0 Å². The smallest absolute Gasteiger partial charge is 0.335 e. The van der Waals surface area contributed by atoms with E-state index in [9.17, 15) is 4.79 Å². The van der Waals surface area contributed by atoms with E-state index in [4.69, 9.17) is 21.4 Å². The van der Waals surface area contributed by atoms with Gasteiger partial charge in [0.2, 0.25) is 0 Å². The molecule has 2 unspecified atom stereocenters. The van der Waals surface area contributed by atoms with E-state index in [2.05, 4.69) is 10.2 Å². The van der Waals surface area contributed by atoms with Crippen LogP contribution in [0.3, 0.4) is 0 Å². The largest absolute Gasteiger partial charge is 0.478 e. The van der Waals surface area contributed by atoms with Gasteiger partial charge in [-0.3, -0.25) is 4.90 Å². The highest BCUT2D eigenvalue weighted by molar-refractivity contribution is 6.33. The van der Waals surface area contributed by atoms with E-state index in [1.807, 2.05) is 0 Å². The molecule has 0 radical (unpaired) electrons. The number of morpholine rings is 1. The quantitative estimate of drug-likeness (QED) is 0.893. The second-order valence-electron chi connectivity index (χ2n) is 5.63. The number of benzene rings is 1. The first-order valence-corrected chi connectivity index (χ1v) is 7.63. The normalized spacial score (nSPS) is 25.6. The number of nitrogens with one attached hydrogen (secondary N) is 1. The van der Waals surface area contributed by atoms with E-state index >= 15 is 0 Å². The maximum atomic E-state index is 10.9. The molecule has 2 atom stereocenters. The molecule has 2 fully saturated rings. The Morgan fingerprint density at radius 2 is 2.38 bits per heavy atom. The molecule has 6 heteroatoms. The van der Waals surface area contributed by atoms with Crippen LogP contribution in [0.1, 0.15) is 23.2 Å². The topological polar surface area (TPSA) is 61.8 Å². The molecule has 5 nitrogen and oxygen atoms in total. The standard InChI is InChI=1S/C15H19ClN2O3/c16-13-6-10(15(19)20)3-4-14(13)17-7-12-8-18-5-1-2-11(18)9-21-12/h3-4,6,11-12,17H,1-2,5,7-9H2,(H,19,20). The molecule has 2 heterocycles. The molecule has 2 saturated heterocycles. The molecule has 0 aromatic heterocycles. The van der Waals surface area contributed by atoms with Crippen LogP contribution in [0.2, 0.25) is 5.02 Å². The molecule has 2 aliphatic heterocycles. The Hall–Kier alpha value is -1.30. The van der Waals surface area contributed by atoms with Crippen molar-refractivity contribution in [2.75, 3.05) is 31.6 Å². The zero-order valence-electron chi connectivity index (χ0n) is 11.7. The van der Waals surface area contributed by atoms with Crippen LogP contribution in [0, 0.1) is 0 Å². The maximum absolute atomic E-state index is 10.9. The molecule has 114 valence electrons. The minimum atomic E-state index is -0.973. The first-order valence-electron chi connectivity index (χ1n) is 7.26. The predicted molar refractivity (Wildman–Crippen MR) is 81.2 cm³/mol. The zero-order chi connectivity index (χ0) is 14.8. The van der Waals surface area contributed by atoms with Gasteiger partial charge in [0.15, 0.2) is 0 Å². The Labute approximate surface area is 128 Å². The number of carboxylic acid groups (broad SMARTS) is 1. The van der Waals surface area contributed by atoms with Crippen molar-refractivity contribution in [2.45, 2.75) is 25.0 Å².